The normalized spacial score (nSPS) is 13.8. The second kappa shape index (κ2) is 32.2. The summed E-state index contributed by atoms with van der Waals surface area (Å²) in [5.41, 5.74) is 17.1. The number of hydrogen-bond donors (Lipinski definition) is 0. The molecule has 0 spiro atoms. The lowest BCUT2D eigenvalue weighted by atomic mass is 9.71. The average molecular weight is 1120 g/mol. The quantitative estimate of drug-likeness (QED) is 0.0341. The lowest BCUT2D eigenvalue weighted by Gasteiger charge is -2.33. The number of fused-ring (bicyclic) bond motifs is 6. The number of rotatable bonds is 39. The number of ether oxygens (including phenoxy) is 12. The molecule has 6 aromatic rings. The zero-order valence-electron chi connectivity index (χ0n) is 49.9. The molecular formula is C69H89NO12. The van der Waals surface area contributed by atoms with Gasteiger partial charge in [0.2, 0.25) is 0 Å². The first-order valence-electron chi connectivity index (χ1n) is 29.4. The number of methoxy groups -OCH3 is 4. The third kappa shape index (κ3) is 16.1. The molecule has 0 atom stereocenters. The number of pyridine rings is 1. The molecule has 2 aliphatic rings. The van der Waals surface area contributed by atoms with Gasteiger partial charge in [0.25, 0.3) is 0 Å². The summed E-state index contributed by atoms with van der Waals surface area (Å²) < 4.78 is 69.7. The fourth-order valence-corrected chi connectivity index (χ4v) is 11.5. The van der Waals surface area contributed by atoms with Crippen molar-refractivity contribution < 1.29 is 56.8 Å². The van der Waals surface area contributed by atoms with Gasteiger partial charge in [0.1, 0.15) is 0 Å². The second-order valence-electron chi connectivity index (χ2n) is 22.1. The summed E-state index contributed by atoms with van der Waals surface area (Å²) in [6, 6.07) is 43.1. The Morgan fingerprint density at radius 1 is 0.317 bits per heavy atom. The molecule has 13 heteroatoms. The van der Waals surface area contributed by atoms with Gasteiger partial charge in [0.05, 0.1) is 111 Å². The fourth-order valence-electron chi connectivity index (χ4n) is 11.5. The highest BCUT2D eigenvalue weighted by Crippen LogP contribution is 2.56. The van der Waals surface area contributed by atoms with E-state index in [-0.39, 0.29) is 10.8 Å². The zero-order chi connectivity index (χ0) is 57.5. The standard InChI is InChI=1S/C69H89NO12/c1-67(2,3)57-18-12-52(13-19-57)66-23-17-56(51-70-66)55-16-22-61-60-21-15-54(49-64(60)69(65(61)50-55,26-30-77-42-46-81-38-34-73-6)27-31-78-43-47-82-39-35-74-7)53-14-20-59-58-10-8-9-11-62(58)68(63(59)48-53,24-28-75-40-44-79-36-32-71-4)25-29-76-41-45-80-37-33-72-5/h8-23,48-51H,24-47H2,1-7H3. The van der Waals surface area contributed by atoms with Crippen LogP contribution in [-0.2, 0) is 73.1 Å². The molecule has 2 aliphatic carbocycles. The molecule has 1 heterocycles. The van der Waals surface area contributed by atoms with Crippen molar-refractivity contribution in [2.75, 3.05) is 161 Å². The molecule has 0 unspecified atom stereocenters. The molecule has 1 aromatic heterocycles. The van der Waals surface area contributed by atoms with Crippen molar-refractivity contribution in [1.29, 1.82) is 0 Å². The van der Waals surface area contributed by atoms with Crippen molar-refractivity contribution >= 4 is 0 Å². The minimum atomic E-state index is -0.474. The first-order valence-corrected chi connectivity index (χ1v) is 29.4. The Bertz CT molecular complexity index is 2810. The lowest BCUT2D eigenvalue weighted by Crippen LogP contribution is -2.30. The topological polar surface area (TPSA) is 124 Å². The second-order valence-corrected chi connectivity index (χ2v) is 22.1. The van der Waals surface area contributed by atoms with E-state index in [1.54, 1.807) is 28.4 Å². The number of nitrogens with zero attached hydrogens (tertiary/aromatic N) is 1. The van der Waals surface area contributed by atoms with Crippen molar-refractivity contribution in [2.24, 2.45) is 0 Å². The zero-order valence-corrected chi connectivity index (χ0v) is 49.9. The predicted molar refractivity (Wildman–Crippen MR) is 324 cm³/mol. The van der Waals surface area contributed by atoms with Crippen LogP contribution in [0.5, 0.6) is 0 Å². The van der Waals surface area contributed by atoms with Gasteiger partial charge in [-0.1, -0.05) is 112 Å². The summed E-state index contributed by atoms with van der Waals surface area (Å²) in [6.45, 7) is 17.1. The average Bonchev–Trinajstić information content (AvgIpc) is 3.98. The van der Waals surface area contributed by atoms with Gasteiger partial charge in [-0.25, -0.2) is 0 Å². The minimum absolute atomic E-state index is 0.0744. The van der Waals surface area contributed by atoms with E-state index in [9.17, 15) is 0 Å². The fraction of sp³-hybridized carbons (Fsp3) is 0.493. The Balaban J connectivity index is 1.15. The molecule has 442 valence electrons. The summed E-state index contributed by atoms with van der Waals surface area (Å²) in [5.74, 6) is 0. The summed E-state index contributed by atoms with van der Waals surface area (Å²) in [6.07, 6.45) is 5.01. The molecule has 13 nitrogen and oxygen atoms in total. The van der Waals surface area contributed by atoms with E-state index in [4.69, 9.17) is 61.8 Å². The highest BCUT2D eigenvalue weighted by molar-refractivity contribution is 5.88. The van der Waals surface area contributed by atoms with Gasteiger partial charge >= 0.3 is 0 Å². The van der Waals surface area contributed by atoms with Crippen molar-refractivity contribution in [3.8, 4) is 55.8 Å². The smallest absolute Gasteiger partial charge is 0.0702 e. The van der Waals surface area contributed by atoms with Gasteiger partial charge in [0, 0.05) is 83.0 Å². The van der Waals surface area contributed by atoms with Gasteiger partial charge in [0.15, 0.2) is 0 Å². The van der Waals surface area contributed by atoms with Crippen LogP contribution >= 0.6 is 0 Å². The number of hydrogen-bond acceptors (Lipinski definition) is 13. The van der Waals surface area contributed by atoms with Crippen LogP contribution in [0.4, 0.5) is 0 Å². The maximum absolute atomic E-state index is 6.47. The first kappa shape index (κ1) is 62.8. The van der Waals surface area contributed by atoms with E-state index in [1.165, 1.54) is 50.1 Å². The molecule has 0 radical (unpaired) electrons. The van der Waals surface area contributed by atoms with E-state index >= 15 is 0 Å². The molecule has 0 saturated carbocycles. The van der Waals surface area contributed by atoms with Crippen LogP contribution in [0, 0.1) is 0 Å². The molecule has 0 saturated heterocycles. The van der Waals surface area contributed by atoms with Crippen molar-refractivity contribution in [2.45, 2.75) is 62.7 Å². The van der Waals surface area contributed by atoms with Crippen molar-refractivity contribution in [3.63, 3.8) is 0 Å². The van der Waals surface area contributed by atoms with E-state index < -0.39 is 5.41 Å². The summed E-state index contributed by atoms with van der Waals surface area (Å²) in [7, 11) is 6.74. The SMILES string of the molecule is COCCOCCOCCC1(CCOCCOCCOC)c2ccccc2-c2ccc(-c3ccc4c(c3)C(CCOCCOCCOC)(CCOCCOCCOC)c3cc(-c5ccc(-c6ccc(C(C)(C)C)cc6)nc5)ccc3-4)cc21. The monoisotopic (exact) mass is 1120 g/mol. The molecule has 5 aromatic carbocycles. The van der Waals surface area contributed by atoms with Gasteiger partial charge in [-0.15, -0.1) is 0 Å². The summed E-state index contributed by atoms with van der Waals surface area (Å²) >= 11 is 0. The Morgan fingerprint density at radius 3 is 1.00 bits per heavy atom. The van der Waals surface area contributed by atoms with Crippen LogP contribution in [0.3, 0.4) is 0 Å². The van der Waals surface area contributed by atoms with Crippen LogP contribution in [0.25, 0.3) is 55.8 Å². The molecule has 0 aliphatic heterocycles. The highest BCUT2D eigenvalue weighted by atomic mass is 16.6. The van der Waals surface area contributed by atoms with Crippen molar-refractivity contribution in [3.05, 3.63) is 149 Å². The minimum Gasteiger partial charge on any atom is -0.382 e. The van der Waals surface area contributed by atoms with Gasteiger partial charge < -0.3 is 56.8 Å². The van der Waals surface area contributed by atoms with Crippen LogP contribution in [-0.4, -0.2) is 166 Å². The molecule has 0 amide bonds. The van der Waals surface area contributed by atoms with E-state index in [1.807, 2.05) is 6.20 Å². The van der Waals surface area contributed by atoms with Crippen LogP contribution in [0.15, 0.2) is 121 Å². The van der Waals surface area contributed by atoms with Crippen LogP contribution in [0.2, 0.25) is 0 Å². The summed E-state index contributed by atoms with van der Waals surface area (Å²) in [4.78, 5) is 5.04. The Morgan fingerprint density at radius 2 is 0.634 bits per heavy atom. The van der Waals surface area contributed by atoms with Crippen LogP contribution in [0.1, 0.15) is 74.3 Å². The number of aromatic nitrogens is 1. The largest absolute Gasteiger partial charge is 0.382 e. The molecule has 0 N–H and O–H groups in total. The molecular weight excluding hydrogens is 1030 g/mol. The predicted octanol–water partition coefficient (Wildman–Crippen LogP) is 12.2. The van der Waals surface area contributed by atoms with Gasteiger partial charge in [-0.3, -0.25) is 4.98 Å². The molecule has 82 heavy (non-hydrogen) atoms. The van der Waals surface area contributed by atoms with E-state index in [2.05, 4.69) is 136 Å². The maximum atomic E-state index is 6.47. The summed E-state index contributed by atoms with van der Waals surface area (Å²) in [5, 5.41) is 0. The maximum Gasteiger partial charge on any atom is 0.0702 e. The van der Waals surface area contributed by atoms with Crippen molar-refractivity contribution in [1.82, 2.24) is 4.98 Å². The van der Waals surface area contributed by atoms with E-state index in [0.29, 0.717) is 132 Å². The van der Waals surface area contributed by atoms with Crippen LogP contribution < -0.4 is 0 Å². The van der Waals surface area contributed by atoms with E-state index in [0.717, 1.165) is 59.2 Å². The first-order chi connectivity index (χ1) is 40.2. The highest BCUT2D eigenvalue weighted by Gasteiger charge is 2.45. The molecule has 0 bridgehead atoms. The molecule has 8 rings (SSSR count). The Hall–Kier alpha value is -5.23. The third-order valence-electron chi connectivity index (χ3n) is 16.0. The Labute approximate surface area is 488 Å². The lowest BCUT2D eigenvalue weighted by molar-refractivity contribution is 0.0145. The van der Waals surface area contributed by atoms with Gasteiger partial charge in [-0.05, 0) is 122 Å². The third-order valence-corrected chi connectivity index (χ3v) is 16.0. The Kier molecular flexibility index (Phi) is 24.6. The number of benzene rings is 5. The molecule has 0 fully saturated rings. The van der Waals surface area contributed by atoms with Gasteiger partial charge in [-0.2, -0.15) is 0 Å².